The Morgan fingerprint density at radius 1 is 1.16 bits per heavy atom. The van der Waals surface area contributed by atoms with Gasteiger partial charge in [0.05, 0.1) is 5.02 Å². The predicted molar refractivity (Wildman–Crippen MR) is 102 cm³/mol. The van der Waals surface area contributed by atoms with Crippen LogP contribution in [-0.4, -0.2) is 38.3 Å². The van der Waals surface area contributed by atoms with Crippen LogP contribution in [0.25, 0.3) is 0 Å². The molecular weight excluding hydrogens is 362 g/mol. The molecule has 0 bridgehead atoms. The Bertz CT molecular complexity index is 661. The van der Waals surface area contributed by atoms with Crippen molar-refractivity contribution in [3.63, 3.8) is 0 Å². The van der Waals surface area contributed by atoms with Crippen LogP contribution >= 0.6 is 11.6 Å². The first-order valence-corrected chi connectivity index (χ1v) is 10.5. The van der Waals surface area contributed by atoms with E-state index in [0.29, 0.717) is 31.7 Å². The normalized spacial score (nSPS) is 11.7. The van der Waals surface area contributed by atoms with E-state index in [1.807, 2.05) is 0 Å². The first-order valence-electron chi connectivity index (χ1n) is 8.66. The fourth-order valence-electron chi connectivity index (χ4n) is 2.49. The minimum atomic E-state index is -3.68. The summed E-state index contributed by atoms with van der Waals surface area (Å²) in [5, 5.41) is 2.89. The van der Waals surface area contributed by atoms with Crippen molar-refractivity contribution in [2.75, 3.05) is 25.0 Å². The Labute approximate surface area is 155 Å². The molecule has 0 aromatic heterocycles. The molecule has 0 saturated carbocycles. The second-order valence-electron chi connectivity index (χ2n) is 5.74. The van der Waals surface area contributed by atoms with E-state index in [2.05, 4.69) is 5.32 Å². The highest BCUT2D eigenvalue weighted by Gasteiger charge is 2.24. The molecule has 142 valence electrons. The number of halogens is 1. The number of sulfonamides is 1. The molecule has 0 saturated heterocycles. The van der Waals surface area contributed by atoms with Gasteiger partial charge in [-0.05, 0) is 37.6 Å². The zero-order chi connectivity index (χ0) is 18.9. The molecule has 0 spiro atoms. The highest BCUT2D eigenvalue weighted by molar-refractivity contribution is 7.89. The largest absolute Gasteiger partial charge is 0.330 e. The zero-order valence-electron chi connectivity index (χ0n) is 14.9. The summed E-state index contributed by atoms with van der Waals surface area (Å²) in [5.74, 6) is -0.138. The van der Waals surface area contributed by atoms with Gasteiger partial charge in [0.2, 0.25) is 15.9 Å². The number of nitrogens with two attached hydrogens (primary N) is 1. The van der Waals surface area contributed by atoms with Gasteiger partial charge in [0.15, 0.2) is 0 Å². The number of hydrogen-bond donors (Lipinski definition) is 2. The number of anilines is 1. The Kier molecular flexibility index (Phi) is 9.42. The topological polar surface area (TPSA) is 92.5 Å². The number of nitrogens with one attached hydrogen (secondary N) is 1. The van der Waals surface area contributed by atoms with Crippen LogP contribution in [0.4, 0.5) is 5.69 Å². The molecule has 0 heterocycles. The zero-order valence-corrected chi connectivity index (χ0v) is 16.5. The molecule has 0 aliphatic heterocycles. The van der Waals surface area contributed by atoms with Gasteiger partial charge in [-0.25, -0.2) is 8.42 Å². The van der Waals surface area contributed by atoms with E-state index in [1.54, 1.807) is 19.9 Å². The van der Waals surface area contributed by atoms with Crippen molar-refractivity contribution in [2.45, 2.75) is 50.8 Å². The molecule has 1 amide bonds. The summed E-state index contributed by atoms with van der Waals surface area (Å²) in [6, 6.07) is 4.52. The maximum atomic E-state index is 12.6. The average molecular weight is 390 g/mol. The van der Waals surface area contributed by atoms with E-state index < -0.39 is 10.0 Å². The first kappa shape index (κ1) is 21.9. The van der Waals surface area contributed by atoms with Crippen LogP contribution < -0.4 is 11.1 Å². The number of unbranched alkanes of at least 4 members (excludes halogenated alkanes) is 3. The van der Waals surface area contributed by atoms with Gasteiger partial charge in [0.1, 0.15) is 4.90 Å². The minimum Gasteiger partial charge on any atom is -0.330 e. The van der Waals surface area contributed by atoms with Gasteiger partial charge >= 0.3 is 0 Å². The van der Waals surface area contributed by atoms with Crippen molar-refractivity contribution in [2.24, 2.45) is 5.73 Å². The monoisotopic (exact) mass is 389 g/mol. The van der Waals surface area contributed by atoms with Gasteiger partial charge in [-0.15, -0.1) is 0 Å². The van der Waals surface area contributed by atoms with Crippen LogP contribution in [0.3, 0.4) is 0 Å². The van der Waals surface area contributed by atoms with Crippen LogP contribution in [0.2, 0.25) is 5.02 Å². The number of carbonyl (C=O) groups is 1. The van der Waals surface area contributed by atoms with Crippen LogP contribution in [0, 0.1) is 0 Å². The fourth-order valence-corrected chi connectivity index (χ4v) is 4.45. The van der Waals surface area contributed by atoms with Crippen LogP contribution in [0.1, 0.15) is 46.0 Å². The SMILES string of the molecule is CCN(CC)S(=O)(=O)c1cc(NC(=O)CCCCCCN)ccc1Cl. The van der Waals surface area contributed by atoms with Gasteiger partial charge in [-0.3, -0.25) is 4.79 Å². The molecular formula is C17H28ClN3O3S. The van der Waals surface area contributed by atoms with E-state index in [0.717, 1.165) is 25.7 Å². The van der Waals surface area contributed by atoms with Crippen molar-refractivity contribution in [3.05, 3.63) is 23.2 Å². The third kappa shape index (κ3) is 6.58. The Hall–Kier alpha value is -1.15. The van der Waals surface area contributed by atoms with Gasteiger partial charge in [-0.2, -0.15) is 4.31 Å². The Morgan fingerprint density at radius 3 is 2.40 bits per heavy atom. The quantitative estimate of drug-likeness (QED) is 0.568. The van der Waals surface area contributed by atoms with E-state index in [4.69, 9.17) is 17.3 Å². The van der Waals surface area contributed by atoms with Crippen LogP contribution in [0.15, 0.2) is 23.1 Å². The minimum absolute atomic E-state index is 0.0126. The molecule has 1 aromatic carbocycles. The molecule has 6 nitrogen and oxygen atoms in total. The summed E-state index contributed by atoms with van der Waals surface area (Å²) in [5.41, 5.74) is 5.87. The highest BCUT2D eigenvalue weighted by Crippen LogP contribution is 2.27. The molecule has 8 heteroatoms. The molecule has 1 aromatic rings. The summed E-state index contributed by atoms with van der Waals surface area (Å²) >= 11 is 6.08. The Morgan fingerprint density at radius 2 is 1.80 bits per heavy atom. The molecule has 0 aliphatic carbocycles. The van der Waals surface area contributed by atoms with Crippen molar-refractivity contribution in [1.29, 1.82) is 0 Å². The van der Waals surface area contributed by atoms with Gasteiger partial charge < -0.3 is 11.1 Å². The smallest absolute Gasteiger partial charge is 0.244 e. The van der Waals surface area contributed by atoms with Crippen LogP contribution in [-0.2, 0) is 14.8 Å². The number of nitrogens with zero attached hydrogens (tertiary/aromatic N) is 1. The number of hydrogen-bond acceptors (Lipinski definition) is 4. The van der Waals surface area contributed by atoms with E-state index in [9.17, 15) is 13.2 Å². The molecule has 3 N–H and O–H groups in total. The number of benzene rings is 1. The summed E-state index contributed by atoms with van der Waals surface area (Å²) in [6.07, 6.45) is 4.10. The van der Waals surface area contributed by atoms with Crippen molar-refractivity contribution < 1.29 is 13.2 Å². The average Bonchev–Trinajstić information content (AvgIpc) is 2.57. The lowest BCUT2D eigenvalue weighted by molar-refractivity contribution is -0.116. The van der Waals surface area contributed by atoms with Crippen molar-refractivity contribution in [3.8, 4) is 0 Å². The lowest BCUT2D eigenvalue weighted by atomic mass is 10.1. The molecule has 1 rings (SSSR count). The van der Waals surface area contributed by atoms with Crippen molar-refractivity contribution in [1.82, 2.24) is 4.31 Å². The summed E-state index contributed by atoms with van der Waals surface area (Å²) in [6.45, 7) is 4.92. The van der Waals surface area contributed by atoms with E-state index in [-0.39, 0.29) is 15.8 Å². The molecule has 0 atom stereocenters. The predicted octanol–water partition coefficient (Wildman–Crippen LogP) is 3.22. The molecule has 0 radical (unpaired) electrons. The lowest BCUT2D eigenvalue weighted by Gasteiger charge is -2.19. The number of amides is 1. The van der Waals surface area contributed by atoms with E-state index in [1.165, 1.54) is 16.4 Å². The maximum absolute atomic E-state index is 12.6. The standard InChI is InChI=1S/C17H28ClN3O3S/c1-3-21(4-2)25(23,24)16-13-14(10-11-15(16)18)20-17(22)9-7-5-6-8-12-19/h10-11,13H,3-9,12,19H2,1-2H3,(H,20,22). The first-order chi connectivity index (χ1) is 11.9. The van der Waals surface area contributed by atoms with Gasteiger partial charge in [-0.1, -0.05) is 38.3 Å². The third-order valence-electron chi connectivity index (χ3n) is 3.90. The van der Waals surface area contributed by atoms with Crippen molar-refractivity contribution >= 4 is 33.2 Å². The molecule has 0 aliphatic rings. The summed E-state index contributed by atoms with van der Waals surface area (Å²) in [4.78, 5) is 12.0. The van der Waals surface area contributed by atoms with Gasteiger partial charge in [0, 0.05) is 25.2 Å². The molecule has 25 heavy (non-hydrogen) atoms. The number of rotatable bonds is 11. The maximum Gasteiger partial charge on any atom is 0.244 e. The second kappa shape index (κ2) is 10.8. The Balaban J connectivity index is 2.79. The number of carbonyl (C=O) groups excluding carboxylic acids is 1. The third-order valence-corrected chi connectivity index (χ3v) is 6.43. The molecule has 0 fully saturated rings. The van der Waals surface area contributed by atoms with Gasteiger partial charge in [0.25, 0.3) is 0 Å². The molecule has 0 unspecified atom stereocenters. The summed E-state index contributed by atoms with van der Waals surface area (Å²) in [7, 11) is -3.68. The fraction of sp³-hybridized carbons (Fsp3) is 0.588. The lowest BCUT2D eigenvalue weighted by Crippen LogP contribution is -2.30. The summed E-state index contributed by atoms with van der Waals surface area (Å²) < 4.78 is 26.6. The highest BCUT2D eigenvalue weighted by atomic mass is 35.5. The second-order valence-corrected chi connectivity index (χ2v) is 8.05. The van der Waals surface area contributed by atoms with E-state index >= 15 is 0 Å². The van der Waals surface area contributed by atoms with Crippen LogP contribution in [0.5, 0.6) is 0 Å².